The third-order valence-electron chi connectivity index (χ3n) is 4.27. The number of aromatic nitrogens is 2. The van der Waals surface area contributed by atoms with Crippen molar-refractivity contribution in [3.8, 4) is 11.4 Å². The van der Waals surface area contributed by atoms with Crippen LogP contribution < -0.4 is 10.1 Å². The van der Waals surface area contributed by atoms with E-state index in [9.17, 15) is 9.59 Å². The van der Waals surface area contributed by atoms with E-state index in [0.29, 0.717) is 35.3 Å². The molecule has 0 saturated carbocycles. The number of ether oxygens (including phenoxy) is 2. The fourth-order valence-corrected chi connectivity index (χ4v) is 2.87. The number of hydrogen-bond acceptors (Lipinski definition) is 5. The zero-order valence-corrected chi connectivity index (χ0v) is 18.0. The van der Waals surface area contributed by atoms with Crippen molar-refractivity contribution in [2.24, 2.45) is 0 Å². The van der Waals surface area contributed by atoms with Crippen LogP contribution in [0.5, 0.6) is 5.75 Å². The Balaban J connectivity index is 1.56. The Morgan fingerprint density at radius 1 is 1.16 bits per heavy atom. The lowest BCUT2D eigenvalue weighted by atomic mass is 10.3. The van der Waals surface area contributed by atoms with Gasteiger partial charge in [-0.2, -0.15) is 5.10 Å². The van der Waals surface area contributed by atoms with E-state index in [4.69, 9.17) is 21.1 Å². The summed E-state index contributed by atoms with van der Waals surface area (Å²) in [4.78, 5) is 25.8. The van der Waals surface area contributed by atoms with Crippen molar-refractivity contribution in [2.75, 3.05) is 32.1 Å². The molecule has 8 nitrogen and oxygen atoms in total. The van der Waals surface area contributed by atoms with Gasteiger partial charge in [-0.3, -0.25) is 0 Å². The first-order chi connectivity index (χ1) is 15.0. The monoisotopic (exact) mass is 442 g/mol. The molecule has 0 aliphatic rings. The van der Waals surface area contributed by atoms with Crippen LogP contribution in [0.1, 0.15) is 17.4 Å². The largest absolute Gasteiger partial charge is 0.492 e. The molecular formula is C22H23ClN4O4. The van der Waals surface area contributed by atoms with Crippen molar-refractivity contribution in [3.05, 3.63) is 71.5 Å². The van der Waals surface area contributed by atoms with E-state index in [2.05, 4.69) is 10.4 Å². The molecule has 31 heavy (non-hydrogen) atoms. The molecule has 3 aromatic rings. The van der Waals surface area contributed by atoms with E-state index in [1.807, 2.05) is 6.07 Å². The van der Waals surface area contributed by atoms with Crippen LogP contribution in [0.3, 0.4) is 0 Å². The Hall–Kier alpha value is -3.52. The highest BCUT2D eigenvalue weighted by Crippen LogP contribution is 2.17. The number of hydrogen-bond donors (Lipinski definition) is 1. The Bertz CT molecular complexity index is 1050. The van der Waals surface area contributed by atoms with Crippen LogP contribution in [0.25, 0.3) is 5.69 Å². The maximum absolute atomic E-state index is 12.5. The van der Waals surface area contributed by atoms with Crippen molar-refractivity contribution < 1.29 is 19.1 Å². The summed E-state index contributed by atoms with van der Waals surface area (Å²) in [6.07, 6.45) is 1.66. The summed E-state index contributed by atoms with van der Waals surface area (Å²) in [5, 5.41) is 7.65. The second kappa shape index (κ2) is 10.5. The van der Waals surface area contributed by atoms with E-state index in [-0.39, 0.29) is 18.3 Å². The molecule has 2 aromatic carbocycles. The van der Waals surface area contributed by atoms with Crippen LogP contribution in [-0.2, 0) is 4.74 Å². The van der Waals surface area contributed by atoms with Crippen LogP contribution in [-0.4, -0.2) is 53.5 Å². The maximum Gasteiger partial charge on any atom is 0.358 e. The van der Waals surface area contributed by atoms with Gasteiger partial charge >= 0.3 is 12.0 Å². The van der Waals surface area contributed by atoms with Gasteiger partial charge in [0, 0.05) is 24.0 Å². The van der Waals surface area contributed by atoms with Crippen LogP contribution in [0.2, 0.25) is 5.02 Å². The fraction of sp³-hybridized carbons (Fsp3) is 0.227. The molecule has 162 valence electrons. The van der Waals surface area contributed by atoms with Gasteiger partial charge in [0.1, 0.15) is 12.4 Å². The molecule has 2 amide bonds. The lowest BCUT2D eigenvalue weighted by molar-refractivity contribution is 0.0519. The second-order valence-corrected chi connectivity index (χ2v) is 7.01. The summed E-state index contributed by atoms with van der Waals surface area (Å²) >= 11 is 5.93. The molecule has 0 fully saturated rings. The third kappa shape index (κ3) is 6.23. The van der Waals surface area contributed by atoms with E-state index in [1.54, 1.807) is 73.4 Å². The summed E-state index contributed by atoms with van der Waals surface area (Å²) in [6, 6.07) is 15.5. The van der Waals surface area contributed by atoms with E-state index < -0.39 is 5.97 Å². The topological polar surface area (TPSA) is 85.7 Å². The highest BCUT2D eigenvalue weighted by molar-refractivity contribution is 6.30. The smallest absolute Gasteiger partial charge is 0.358 e. The zero-order valence-electron chi connectivity index (χ0n) is 17.2. The first-order valence-electron chi connectivity index (χ1n) is 9.70. The Labute approximate surface area is 185 Å². The number of anilines is 1. The quantitative estimate of drug-likeness (QED) is 0.527. The highest BCUT2D eigenvalue weighted by atomic mass is 35.5. The number of urea groups is 1. The van der Waals surface area contributed by atoms with Crippen LogP contribution >= 0.6 is 11.6 Å². The van der Waals surface area contributed by atoms with Gasteiger partial charge in [-0.1, -0.05) is 23.7 Å². The van der Waals surface area contributed by atoms with Crippen molar-refractivity contribution in [3.63, 3.8) is 0 Å². The van der Waals surface area contributed by atoms with Gasteiger partial charge in [-0.05, 0) is 49.4 Å². The molecule has 9 heteroatoms. The molecule has 0 radical (unpaired) electrons. The number of amides is 2. The minimum Gasteiger partial charge on any atom is -0.492 e. The number of halogens is 1. The maximum atomic E-state index is 12.5. The molecule has 0 atom stereocenters. The van der Waals surface area contributed by atoms with Gasteiger partial charge in [0.15, 0.2) is 5.69 Å². The number of nitrogens with zero attached hydrogens (tertiary/aromatic N) is 3. The van der Waals surface area contributed by atoms with Crippen molar-refractivity contribution >= 4 is 29.3 Å². The molecule has 1 heterocycles. The molecule has 0 bridgehead atoms. The minimum atomic E-state index is -0.479. The highest BCUT2D eigenvalue weighted by Gasteiger charge is 2.12. The molecule has 1 aromatic heterocycles. The van der Waals surface area contributed by atoms with Gasteiger partial charge < -0.3 is 19.7 Å². The molecule has 0 spiro atoms. The van der Waals surface area contributed by atoms with Crippen molar-refractivity contribution in [1.29, 1.82) is 0 Å². The van der Waals surface area contributed by atoms with Crippen LogP contribution in [0, 0.1) is 0 Å². The number of carbonyl (C=O) groups is 2. The summed E-state index contributed by atoms with van der Waals surface area (Å²) < 4.78 is 12.1. The molecule has 1 N–H and O–H groups in total. The number of rotatable bonds is 8. The fourth-order valence-electron chi connectivity index (χ4n) is 2.69. The Morgan fingerprint density at radius 3 is 2.74 bits per heavy atom. The molecular weight excluding hydrogens is 420 g/mol. The first kappa shape index (κ1) is 22.2. The van der Waals surface area contributed by atoms with Gasteiger partial charge in [0.05, 0.1) is 18.8 Å². The Morgan fingerprint density at radius 2 is 1.97 bits per heavy atom. The van der Waals surface area contributed by atoms with E-state index in [0.717, 1.165) is 0 Å². The summed E-state index contributed by atoms with van der Waals surface area (Å²) in [5.74, 6) is 0.169. The van der Waals surface area contributed by atoms with Crippen molar-refractivity contribution in [2.45, 2.75) is 6.92 Å². The SMILES string of the molecule is CCOC(=O)c1ccn(-c2cccc(NC(=O)N(C)CCOc3cccc(Cl)c3)c2)n1. The molecule has 0 saturated heterocycles. The lowest BCUT2D eigenvalue weighted by Crippen LogP contribution is -2.34. The van der Waals surface area contributed by atoms with E-state index >= 15 is 0 Å². The average molecular weight is 443 g/mol. The summed E-state index contributed by atoms with van der Waals surface area (Å²) in [6.45, 7) is 2.74. The number of carbonyl (C=O) groups excluding carboxylic acids is 2. The summed E-state index contributed by atoms with van der Waals surface area (Å²) in [5.41, 5.74) is 1.51. The lowest BCUT2D eigenvalue weighted by Gasteiger charge is -2.18. The van der Waals surface area contributed by atoms with Gasteiger partial charge in [-0.15, -0.1) is 0 Å². The number of esters is 1. The van der Waals surface area contributed by atoms with Crippen molar-refractivity contribution in [1.82, 2.24) is 14.7 Å². The van der Waals surface area contributed by atoms with Gasteiger partial charge in [0.25, 0.3) is 0 Å². The molecule has 3 rings (SSSR count). The van der Waals surface area contributed by atoms with Gasteiger partial charge in [-0.25, -0.2) is 14.3 Å². The number of benzene rings is 2. The number of likely N-dealkylation sites (N-methyl/N-ethyl adjacent to an activating group) is 1. The average Bonchev–Trinajstić information content (AvgIpc) is 3.25. The van der Waals surface area contributed by atoms with Gasteiger partial charge in [0.2, 0.25) is 0 Å². The third-order valence-corrected chi connectivity index (χ3v) is 4.51. The first-order valence-corrected chi connectivity index (χ1v) is 10.1. The van der Waals surface area contributed by atoms with E-state index in [1.165, 1.54) is 4.90 Å². The summed E-state index contributed by atoms with van der Waals surface area (Å²) in [7, 11) is 1.68. The van der Waals surface area contributed by atoms with Crippen LogP contribution in [0.15, 0.2) is 60.8 Å². The normalized spacial score (nSPS) is 10.4. The van der Waals surface area contributed by atoms with Crippen LogP contribution in [0.4, 0.5) is 10.5 Å². The molecule has 0 unspecified atom stereocenters. The molecule has 0 aliphatic carbocycles. The Kier molecular flexibility index (Phi) is 7.50. The zero-order chi connectivity index (χ0) is 22.2. The second-order valence-electron chi connectivity index (χ2n) is 6.57. The predicted octanol–water partition coefficient (Wildman–Crippen LogP) is 4.25. The minimum absolute atomic E-state index is 0.218. The standard InChI is InChI=1S/C22H23ClN4O4/c1-3-30-21(28)20-10-11-27(25-20)18-8-5-7-17(15-18)24-22(29)26(2)12-13-31-19-9-4-6-16(23)14-19/h4-11,14-15H,3,12-13H2,1-2H3,(H,24,29). The predicted molar refractivity (Wildman–Crippen MR) is 118 cm³/mol. The number of nitrogens with one attached hydrogen (secondary N) is 1. The molecule has 0 aliphatic heterocycles.